The molecule has 120 valence electrons. The molecule has 22 heavy (non-hydrogen) atoms. The van der Waals surface area contributed by atoms with Crippen molar-refractivity contribution in [3.8, 4) is 0 Å². The van der Waals surface area contributed by atoms with Crippen LogP contribution in [0.5, 0.6) is 0 Å². The van der Waals surface area contributed by atoms with Gasteiger partial charge in [0.25, 0.3) is 0 Å². The number of nitrogens with zero attached hydrogens (tertiary/aromatic N) is 5. The zero-order valence-corrected chi connectivity index (χ0v) is 14.5. The van der Waals surface area contributed by atoms with Crippen molar-refractivity contribution in [1.29, 1.82) is 0 Å². The summed E-state index contributed by atoms with van der Waals surface area (Å²) in [7, 11) is 3.92. The largest absolute Gasteiger partial charge is 0.357 e. The van der Waals surface area contributed by atoms with Crippen molar-refractivity contribution < 1.29 is 0 Å². The highest BCUT2D eigenvalue weighted by Crippen LogP contribution is 2.20. The highest BCUT2D eigenvalue weighted by molar-refractivity contribution is 7.10. The summed E-state index contributed by atoms with van der Waals surface area (Å²) in [5.41, 5.74) is 0. The average Bonchev–Trinajstić information content (AvgIpc) is 3.15. The molecule has 2 rings (SSSR count). The summed E-state index contributed by atoms with van der Waals surface area (Å²) >= 11 is 1.79. The lowest BCUT2D eigenvalue weighted by atomic mass is 10.1. The minimum atomic E-state index is 0.428. The number of guanidine groups is 1. The van der Waals surface area contributed by atoms with Gasteiger partial charge in [-0.15, -0.1) is 11.3 Å². The Morgan fingerprint density at radius 3 is 2.95 bits per heavy atom. The Kier molecular flexibility index (Phi) is 5.94. The number of nitrogens with one attached hydrogen (secondary N) is 1. The Balaban J connectivity index is 2.01. The second-order valence-corrected chi connectivity index (χ2v) is 6.25. The molecule has 0 aliphatic rings. The van der Waals surface area contributed by atoms with Gasteiger partial charge in [-0.1, -0.05) is 13.0 Å². The van der Waals surface area contributed by atoms with Crippen LogP contribution < -0.4 is 5.32 Å². The van der Waals surface area contributed by atoms with Gasteiger partial charge in [0.1, 0.15) is 12.2 Å². The highest BCUT2D eigenvalue weighted by atomic mass is 32.1. The molecule has 0 bridgehead atoms. The molecule has 0 amide bonds. The van der Waals surface area contributed by atoms with E-state index in [1.165, 1.54) is 4.88 Å². The SMILES string of the molecule is CCNC(=NCC(C)c1cccs1)N(C)Cc1ncnn1C. The molecule has 0 aliphatic carbocycles. The molecule has 0 saturated heterocycles. The Labute approximate surface area is 135 Å². The number of hydrogen-bond donors (Lipinski definition) is 1. The van der Waals surface area contributed by atoms with E-state index in [0.717, 1.165) is 24.9 Å². The first kappa shape index (κ1) is 16.5. The Morgan fingerprint density at radius 1 is 1.55 bits per heavy atom. The minimum Gasteiger partial charge on any atom is -0.357 e. The molecule has 2 aromatic heterocycles. The zero-order chi connectivity index (χ0) is 15.9. The number of aromatic nitrogens is 3. The smallest absolute Gasteiger partial charge is 0.194 e. The number of hydrogen-bond acceptors (Lipinski definition) is 4. The molecule has 1 atom stereocenters. The molecular weight excluding hydrogens is 296 g/mol. The second kappa shape index (κ2) is 7.93. The molecule has 0 fully saturated rings. The first-order chi connectivity index (χ1) is 10.6. The van der Waals surface area contributed by atoms with Crippen molar-refractivity contribution in [2.75, 3.05) is 20.1 Å². The van der Waals surface area contributed by atoms with Gasteiger partial charge >= 0.3 is 0 Å². The van der Waals surface area contributed by atoms with Gasteiger partial charge in [-0.2, -0.15) is 5.10 Å². The van der Waals surface area contributed by atoms with Crippen LogP contribution in [0.3, 0.4) is 0 Å². The van der Waals surface area contributed by atoms with Crippen LogP contribution in [0.4, 0.5) is 0 Å². The van der Waals surface area contributed by atoms with Crippen molar-refractivity contribution in [3.05, 3.63) is 34.5 Å². The summed E-state index contributed by atoms with van der Waals surface area (Å²) in [6.07, 6.45) is 1.58. The quantitative estimate of drug-likeness (QED) is 0.654. The van der Waals surface area contributed by atoms with E-state index in [2.05, 4.69) is 51.7 Å². The molecule has 0 aromatic carbocycles. The monoisotopic (exact) mass is 320 g/mol. The lowest BCUT2D eigenvalue weighted by molar-refractivity contribution is 0.448. The highest BCUT2D eigenvalue weighted by Gasteiger charge is 2.11. The maximum absolute atomic E-state index is 4.76. The molecule has 0 aliphatic heterocycles. The van der Waals surface area contributed by atoms with Crippen LogP contribution in [-0.4, -0.2) is 45.8 Å². The summed E-state index contributed by atoms with van der Waals surface area (Å²) in [5, 5.41) is 9.55. The molecule has 0 saturated carbocycles. The Hall–Kier alpha value is -1.89. The molecule has 1 unspecified atom stereocenters. The van der Waals surface area contributed by atoms with E-state index in [0.29, 0.717) is 12.5 Å². The van der Waals surface area contributed by atoms with Gasteiger partial charge in [0.05, 0.1) is 13.1 Å². The second-order valence-electron chi connectivity index (χ2n) is 5.27. The van der Waals surface area contributed by atoms with Crippen molar-refractivity contribution in [3.63, 3.8) is 0 Å². The first-order valence-corrected chi connectivity index (χ1v) is 8.35. The van der Waals surface area contributed by atoms with Crippen molar-refractivity contribution in [2.24, 2.45) is 12.0 Å². The first-order valence-electron chi connectivity index (χ1n) is 7.47. The van der Waals surface area contributed by atoms with E-state index in [9.17, 15) is 0 Å². The number of rotatable bonds is 6. The fraction of sp³-hybridized carbons (Fsp3) is 0.533. The van der Waals surface area contributed by atoms with Gasteiger partial charge in [0.2, 0.25) is 0 Å². The number of thiophene rings is 1. The van der Waals surface area contributed by atoms with E-state index in [1.807, 2.05) is 14.1 Å². The average molecular weight is 320 g/mol. The van der Waals surface area contributed by atoms with Crippen LogP contribution >= 0.6 is 11.3 Å². The van der Waals surface area contributed by atoms with E-state index >= 15 is 0 Å². The summed E-state index contributed by atoms with van der Waals surface area (Å²) in [4.78, 5) is 12.5. The predicted octanol–water partition coefficient (Wildman–Crippen LogP) is 2.08. The van der Waals surface area contributed by atoms with E-state index in [4.69, 9.17) is 4.99 Å². The molecule has 1 N–H and O–H groups in total. The topological polar surface area (TPSA) is 58.3 Å². The molecule has 2 aromatic rings. The molecule has 6 nitrogen and oxygen atoms in total. The fourth-order valence-corrected chi connectivity index (χ4v) is 2.88. The summed E-state index contributed by atoms with van der Waals surface area (Å²) in [6.45, 7) is 6.58. The Morgan fingerprint density at radius 2 is 2.36 bits per heavy atom. The van der Waals surface area contributed by atoms with Crippen molar-refractivity contribution >= 4 is 17.3 Å². The van der Waals surface area contributed by atoms with Gasteiger partial charge in [-0.25, -0.2) is 4.98 Å². The van der Waals surface area contributed by atoms with Gasteiger partial charge < -0.3 is 10.2 Å². The number of aryl methyl sites for hydroxylation is 1. The standard InChI is InChI=1S/C15H24N6S/c1-5-16-15(17-9-12(2)13-7-6-8-22-13)20(3)10-14-18-11-19-21(14)4/h6-8,11-12H,5,9-10H2,1-4H3,(H,16,17). The minimum absolute atomic E-state index is 0.428. The van der Waals surface area contributed by atoms with E-state index in [-0.39, 0.29) is 0 Å². The van der Waals surface area contributed by atoms with Crippen molar-refractivity contribution in [2.45, 2.75) is 26.3 Å². The van der Waals surface area contributed by atoms with Crippen LogP contribution in [0, 0.1) is 0 Å². The lowest BCUT2D eigenvalue weighted by Crippen LogP contribution is -2.39. The summed E-state index contributed by atoms with van der Waals surface area (Å²) < 4.78 is 1.79. The van der Waals surface area contributed by atoms with Crippen molar-refractivity contribution in [1.82, 2.24) is 25.0 Å². The maximum atomic E-state index is 4.76. The third-order valence-electron chi connectivity index (χ3n) is 3.42. The van der Waals surface area contributed by atoms with Gasteiger partial charge in [0.15, 0.2) is 5.96 Å². The van der Waals surface area contributed by atoms with Gasteiger partial charge in [-0.05, 0) is 18.4 Å². The summed E-state index contributed by atoms with van der Waals surface area (Å²) in [6, 6.07) is 4.26. The fourth-order valence-electron chi connectivity index (χ4n) is 2.11. The van der Waals surface area contributed by atoms with Gasteiger partial charge in [0, 0.05) is 31.4 Å². The normalized spacial score (nSPS) is 13.2. The Bertz CT molecular complexity index is 589. The van der Waals surface area contributed by atoms with Crippen LogP contribution in [-0.2, 0) is 13.6 Å². The number of aliphatic imine (C=N–C) groups is 1. The molecule has 2 heterocycles. The van der Waals surface area contributed by atoms with Crippen LogP contribution in [0.15, 0.2) is 28.8 Å². The van der Waals surface area contributed by atoms with E-state index in [1.54, 1.807) is 22.3 Å². The maximum Gasteiger partial charge on any atom is 0.194 e. The third kappa shape index (κ3) is 4.30. The van der Waals surface area contributed by atoms with Crippen LogP contribution in [0.2, 0.25) is 0 Å². The lowest BCUT2D eigenvalue weighted by Gasteiger charge is -2.22. The van der Waals surface area contributed by atoms with Crippen LogP contribution in [0.25, 0.3) is 0 Å². The van der Waals surface area contributed by atoms with Gasteiger partial charge in [-0.3, -0.25) is 9.67 Å². The molecular formula is C15H24N6S. The predicted molar refractivity (Wildman–Crippen MR) is 91.2 cm³/mol. The molecule has 0 radical (unpaired) electrons. The third-order valence-corrected chi connectivity index (χ3v) is 4.53. The van der Waals surface area contributed by atoms with Crippen LogP contribution in [0.1, 0.15) is 30.5 Å². The molecule has 0 spiro atoms. The molecule has 7 heteroatoms. The summed E-state index contributed by atoms with van der Waals surface area (Å²) in [5.74, 6) is 2.24. The zero-order valence-electron chi connectivity index (χ0n) is 13.7. The van der Waals surface area contributed by atoms with E-state index < -0.39 is 0 Å².